The number of halogens is 1. The first kappa shape index (κ1) is 22.2. The van der Waals surface area contributed by atoms with E-state index in [-0.39, 0.29) is 24.1 Å². The minimum Gasteiger partial charge on any atom is -0.362 e. The molecule has 7 heteroatoms. The van der Waals surface area contributed by atoms with Crippen LogP contribution in [0.1, 0.15) is 39.6 Å². The molecular weight excluding hydrogens is 421 g/mol. The van der Waals surface area contributed by atoms with Gasteiger partial charge in [-0.15, -0.1) is 0 Å². The Morgan fingerprint density at radius 1 is 0.939 bits per heavy atom. The number of carbonyl (C=O) groups excluding carboxylic acids is 3. The monoisotopic (exact) mass is 445 g/mol. The molecule has 0 atom stereocenters. The Kier molecular flexibility index (Phi) is 6.49. The Morgan fingerprint density at radius 3 is 2.45 bits per heavy atom. The summed E-state index contributed by atoms with van der Waals surface area (Å²) in [4.78, 5) is 38.9. The van der Waals surface area contributed by atoms with Crippen LogP contribution in [0.25, 0.3) is 0 Å². The molecule has 0 bridgehead atoms. The first-order valence-electron chi connectivity index (χ1n) is 10.8. The van der Waals surface area contributed by atoms with E-state index in [0.717, 1.165) is 24.1 Å². The van der Waals surface area contributed by atoms with Crippen LogP contribution in [-0.2, 0) is 11.2 Å². The lowest BCUT2D eigenvalue weighted by Gasteiger charge is -2.32. The third-order valence-corrected chi connectivity index (χ3v) is 5.59. The molecule has 4 rings (SSSR count). The number of anilines is 3. The van der Waals surface area contributed by atoms with Gasteiger partial charge in [0.25, 0.3) is 5.91 Å². The lowest BCUT2D eigenvalue weighted by atomic mass is 9.99. The van der Waals surface area contributed by atoms with Crippen molar-refractivity contribution in [1.82, 2.24) is 0 Å². The largest absolute Gasteiger partial charge is 0.362 e. The van der Waals surface area contributed by atoms with Crippen molar-refractivity contribution in [2.45, 2.75) is 19.8 Å². The van der Waals surface area contributed by atoms with Crippen LogP contribution in [0, 0.1) is 5.82 Å². The quantitative estimate of drug-likeness (QED) is 0.541. The van der Waals surface area contributed by atoms with Gasteiger partial charge in [0.2, 0.25) is 5.91 Å². The molecule has 1 heterocycles. The lowest BCUT2D eigenvalue weighted by Crippen LogP contribution is -2.37. The van der Waals surface area contributed by atoms with Gasteiger partial charge < -0.3 is 15.5 Å². The average Bonchev–Trinajstić information content (AvgIpc) is 2.80. The number of Topliss-reactive ketones (excluding diaryl/α,β-unsaturated/α-hetero) is 1. The third kappa shape index (κ3) is 5.26. The molecule has 6 nitrogen and oxygen atoms in total. The van der Waals surface area contributed by atoms with E-state index >= 15 is 0 Å². The van der Waals surface area contributed by atoms with E-state index in [4.69, 9.17) is 0 Å². The Hall–Kier alpha value is -4.00. The number of fused-ring (bicyclic) bond motifs is 1. The number of hydrogen-bond donors (Lipinski definition) is 2. The number of ketones is 1. The molecule has 3 aromatic rings. The Morgan fingerprint density at radius 2 is 1.70 bits per heavy atom. The summed E-state index contributed by atoms with van der Waals surface area (Å²) >= 11 is 0. The van der Waals surface area contributed by atoms with Crippen molar-refractivity contribution < 1.29 is 18.8 Å². The van der Waals surface area contributed by atoms with Gasteiger partial charge in [0.15, 0.2) is 5.78 Å². The second kappa shape index (κ2) is 9.65. The van der Waals surface area contributed by atoms with Crippen LogP contribution in [0.2, 0.25) is 0 Å². The minimum absolute atomic E-state index is 0.0636. The number of nitrogens with one attached hydrogen (secondary N) is 2. The fraction of sp³-hybridized carbons (Fsp3) is 0.192. The van der Waals surface area contributed by atoms with Crippen LogP contribution in [0.15, 0.2) is 66.7 Å². The zero-order valence-corrected chi connectivity index (χ0v) is 18.2. The van der Waals surface area contributed by atoms with Crippen LogP contribution >= 0.6 is 0 Å². The normalized spacial score (nSPS) is 12.6. The van der Waals surface area contributed by atoms with Crippen LogP contribution < -0.4 is 15.5 Å². The Labute approximate surface area is 191 Å². The van der Waals surface area contributed by atoms with Gasteiger partial charge in [-0.05, 0) is 73.9 Å². The summed E-state index contributed by atoms with van der Waals surface area (Å²) in [5.74, 6) is -0.968. The number of hydrogen-bond acceptors (Lipinski definition) is 4. The molecule has 0 spiro atoms. The molecule has 2 amide bonds. The van der Waals surface area contributed by atoms with Crippen molar-refractivity contribution in [3.8, 4) is 0 Å². The van der Waals surface area contributed by atoms with Crippen molar-refractivity contribution in [3.05, 3.63) is 89.2 Å². The van der Waals surface area contributed by atoms with Gasteiger partial charge in [-0.3, -0.25) is 14.4 Å². The topological polar surface area (TPSA) is 78.5 Å². The smallest absolute Gasteiger partial charge is 0.255 e. The Bertz CT molecular complexity index is 1210. The molecule has 2 N–H and O–H groups in total. The maximum Gasteiger partial charge on any atom is 0.255 e. The van der Waals surface area contributed by atoms with Crippen LogP contribution in [0.3, 0.4) is 0 Å². The van der Waals surface area contributed by atoms with Gasteiger partial charge in [-0.2, -0.15) is 0 Å². The Balaban J connectivity index is 1.48. The molecule has 0 aliphatic carbocycles. The molecule has 1 aliphatic rings. The molecule has 0 radical (unpaired) electrons. The molecule has 3 aromatic carbocycles. The number of amides is 2. The van der Waals surface area contributed by atoms with Crippen molar-refractivity contribution in [1.29, 1.82) is 0 Å². The number of nitrogens with zero attached hydrogens (tertiary/aromatic N) is 1. The van der Waals surface area contributed by atoms with E-state index in [0.29, 0.717) is 29.0 Å². The standard InChI is InChI=1S/C26H24FN3O3/c1-17(31)19-5-2-6-21(15-19)28-25(32)16-30-14-4-7-22-23(8-3-9-24(22)30)29-26(33)18-10-12-20(27)13-11-18/h2-3,5-6,8-13,15H,4,7,14,16H2,1H3,(H,28,32)(H,29,33). The molecule has 33 heavy (non-hydrogen) atoms. The molecule has 0 fully saturated rings. The van der Waals surface area contributed by atoms with Crippen LogP contribution in [-0.4, -0.2) is 30.7 Å². The van der Waals surface area contributed by atoms with Crippen LogP contribution in [0.4, 0.5) is 21.5 Å². The van der Waals surface area contributed by atoms with Crippen LogP contribution in [0.5, 0.6) is 0 Å². The van der Waals surface area contributed by atoms with Gasteiger partial charge >= 0.3 is 0 Å². The van der Waals surface area contributed by atoms with Gasteiger partial charge in [0, 0.05) is 34.7 Å². The summed E-state index contributed by atoms with van der Waals surface area (Å²) in [6.07, 6.45) is 1.61. The number of benzene rings is 3. The predicted molar refractivity (Wildman–Crippen MR) is 126 cm³/mol. The zero-order valence-electron chi connectivity index (χ0n) is 18.2. The summed E-state index contributed by atoms with van der Waals surface area (Å²) in [7, 11) is 0. The fourth-order valence-electron chi connectivity index (χ4n) is 3.97. The van der Waals surface area contributed by atoms with Crippen molar-refractivity contribution >= 4 is 34.7 Å². The zero-order chi connectivity index (χ0) is 23.4. The summed E-state index contributed by atoms with van der Waals surface area (Å²) in [6, 6.07) is 17.8. The second-order valence-corrected chi connectivity index (χ2v) is 7.97. The highest BCUT2D eigenvalue weighted by Gasteiger charge is 2.22. The van der Waals surface area contributed by atoms with E-state index < -0.39 is 5.82 Å². The molecule has 0 aromatic heterocycles. The van der Waals surface area contributed by atoms with E-state index in [1.807, 2.05) is 23.1 Å². The summed E-state index contributed by atoms with van der Waals surface area (Å²) < 4.78 is 13.2. The van der Waals surface area contributed by atoms with E-state index in [1.165, 1.54) is 31.2 Å². The predicted octanol–water partition coefficient (Wildman–Crippen LogP) is 4.67. The molecular formula is C26H24FN3O3. The molecule has 168 valence electrons. The van der Waals surface area contributed by atoms with Gasteiger partial charge in [-0.1, -0.05) is 18.2 Å². The van der Waals surface area contributed by atoms with Crippen molar-refractivity contribution in [2.24, 2.45) is 0 Å². The third-order valence-electron chi connectivity index (χ3n) is 5.59. The fourth-order valence-corrected chi connectivity index (χ4v) is 3.97. The van der Waals surface area contributed by atoms with Crippen molar-refractivity contribution in [2.75, 3.05) is 28.6 Å². The van der Waals surface area contributed by atoms with Crippen molar-refractivity contribution in [3.63, 3.8) is 0 Å². The summed E-state index contributed by atoms with van der Waals surface area (Å²) in [5.41, 5.74) is 4.02. The van der Waals surface area contributed by atoms with Gasteiger partial charge in [-0.25, -0.2) is 4.39 Å². The van der Waals surface area contributed by atoms with E-state index in [2.05, 4.69) is 10.6 Å². The SMILES string of the molecule is CC(=O)c1cccc(NC(=O)CN2CCCc3c(NC(=O)c4ccc(F)cc4)cccc32)c1. The van der Waals surface area contributed by atoms with E-state index in [1.54, 1.807) is 24.3 Å². The minimum atomic E-state index is -0.398. The maximum atomic E-state index is 13.2. The summed E-state index contributed by atoms with van der Waals surface area (Å²) in [5, 5.41) is 5.77. The molecule has 1 aliphatic heterocycles. The summed E-state index contributed by atoms with van der Waals surface area (Å²) in [6.45, 7) is 2.34. The first-order valence-corrected chi connectivity index (χ1v) is 10.8. The maximum absolute atomic E-state index is 13.2. The number of carbonyl (C=O) groups is 3. The highest BCUT2D eigenvalue weighted by atomic mass is 19.1. The average molecular weight is 445 g/mol. The molecule has 0 saturated heterocycles. The second-order valence-electron chi connectivity index (χ2n) is 7.97. The first-order chi connectivity index (χ1) is 15.9. The highest BCUT2D eigenvalue weighted by Crippen LogP contribution is 2.33. The molecule has 0 saturated carbocycles. The van der Waals surface area contributed by atoms with Gasteiger partial charge in [0.05, 0.1) is 6.54 Å². The van der Waals surface area contributed by atoms with E-state index in [9.17, 15) is 18.8 Å². The highest BCUT2D eigenvalue weighted by molar-refractivity contribution is 6.05. The number of rotatable bonds is 6. The molecule has 0 unspecified atom stereocenters. The van der Waals surface area contributed by atoms with Gasteiger partial charge in [0.1, 0.15) is 5.82 Å². The lowest BCUT2D eigenvalue weighted by molar-refractivity contribution is -0.115.